The average molecular weight is 276 g/mol. The molecule has 1 unspecified atom stereocenters. The summed E-state index contributed by atoms with van der Waals surface area (Å²) in [5.41, 5.74) is 13.0. The van der Waals surface area contributed by atoms with E-state index in [4.69, 9.17) is 11.5 Å². The molecule has 2 rings (SSSR count). The molecular formula is C13H16N4OS. The van der Waals surface area contributed by atoms with Crippen molar-refractivity contribution < 1.29 is 4.79 Å². The smallest absolute Gasteiger partial charge is 0.234 e. The van der Waals surface area contributed by atoms with Crippen LogP contribution in [-0.2, 0) is 17.0 Å². The van der Waals surface area contributed by atoms with Gasteiger partial charge in [-0.25, -0.2) is 4.98 Å². The van der Waals surface area contributed by atoms with Crippen LogP contribution < -0.4 is 11.5 Å². The molecule has 0 bridgehead atoms. The second kappa shape index (κ2) is 6.40. The largest absolute Gasteiger partial charge is 0.368 e. The standard InChI is InChI=1S/C13H16N4OS/c14-11(12(15)18)7-9-2-1-3-10(6-9)8-19-13-16-4-5-17-13/h1-6,11H,7-8,14H2,(H2,15,18)(H,16,17). The second-order valence-corrected chi connectivity index (χ2v) is 5.18. The topological polar surface area (TPSA) is 97.8 Å². The van der Waals surface area contributed by atoms with Crippen LogP contribution in [0.3, 0.4) is 0 Å². The molecule has 0 saturated carbocycles. The van der Waals surface area contributed by atoms with Crippen LogP contribution in [0.15, 0.2) is 41.8 Å². The van der Waals surface area contributed by atoms with E-state index in [2.05, 4.69) is 9.97 Å². The summed E-state index contributed by atoms with van der Waals surface area (Å²) in [6.45, 7) is 0. The predicted octanol–water partition coefficient (Wildman–Crippen LogP) is 1.06. The van der Waals surface area contributed by atoms with Crippen molar-refractivity contribution >= 4 is 17.7 Å². The summed E-state index contributed by atoms with van der Waals surface area (Å²) < 4.78 is 0. The Balaban J connectivity index is 1.96. The Morgan fingerprint density at radius 1 is 1.42 bits per heavy atom. The maximum absolute atomic E-state index is 11.0. The first-order chi connectivity index (χ1) is 9.15. The van der Waals surface area contributed by atoms with Crippen LogP contribution >= 0.6 is 11.8 Å². The Morgan fingerprint density at radius 2 is 2.21 bits per heavy atom. The van der Waals surface area contributed by atoms with Crippen LogP contribution in [0.2, 0.25) is 0 Å². The third kappa shape index (κ3) is 4.11. The lowest BCUT2D eigenvalue weighted by Gasteiger charge is -2.08. The highest BCUT2D eigenvalue weighted by molar-refractivity contribution is 7.98. The van der Waals surface area contributed by atoms with E-state index in [1.54, 1.807) is 24.2 Å². The zero-order valence-corrected chi connectivity index (χ0v) is 11.2. The average Bonchev–Trinajstić information content (AvgIpc) is 2.90. The van der Waals surface area contributed by atoms with Crippen molar-refractivity contribution in [2.45, 2.75) is 23.4 Å². The van der Waals surface area contributed by atoms with E-state index in [0.717, 1.165) is 22.0 Å². The Bertz CT molecular complexity index is 541. The van der Waals surface area contributed by atoms with E-state index >= 15 is 0 Å². The molecule has 100 valence electrons. The summed E-state index contributed by atoms with van der Waals surface area (Å²) in [5.74, 6) is 0.336. The minimum Gasteiger partial charge on any atom is -0.368 e. The minimum absolute atomic E-state index is 0.467. The number of carbonyl (C=O) groups excluding carboxylic acids is 1. The Kier molecular flexibility index (Phi) is 4.59. The molecule has 1 aromatic carbocycles. The van der Waals surface area contributed by atoms with Gasteiger partial charge >= 0.3 is 0 Å². The first kappa shape index (κ1) is 13.6. The molecule has 0 saturated heterocycles. The van der Waals surface area contributed by atoms with Gasteiger partial charge in [0.25, 0.3) is 0 Å². The van der Waals surface area contributed by atoms with Crippen LogP contribution in [0.25, 0.3) is 0 Å². The number of hydrogen-bond acceptors (Lipinski definition) is 4. The number of H-pyrrole nitrogens is 1. The van der Waals surface area contributed by atoms with E-state index in [-0.39, 0.29) is 0 Å². The normalized spacial score (nSPS) is 12.3. The molecular weight excluding hydrogens is 260 g/mol. The molecule has 1 amide bonds. The molecule has 0 aliphatic heterocycles. The number of imidazole rings is 1. The number of aromatic amines is 1. The Hall–Kier alpha value is -1.79. The SMILES string of the molecule is NC(=O)C(N)Cc1cccc(CSc2ncc[nH]2)c1. The molecule has 5 N–H and O–H groups in total. The molecule has 0 spiro atoms. The number of primary amides is 1. The molecule has 1 heterocycles. The molecule has 0 aliphatic rings. The van der Waals surface area contributed by atoms with Crippen molar-refractivity contribution in [3.8, 4) is 0 Å². The van der Waals surface area contributed by atoms with Gasteiger partial charge < -0.3 is 16.5 Å². The summed E-state index contributed by atoms with van der Waals surface area (Å²) in [7, 11) is 0. The number of amides is 1. The van der Waals surface area contributed by atoms with Crippen molar-refractivity contribution in [3.05, 3.63) is 47.8 Å². The number of nitrogens with zero attached hydrogens (tertiary/aromatic N) is 1. The maximum Gasteiger partial charge on any atom is 0.234 e. The molecule has 0 aliphatic carbocycles. The number of benzene rings is 1. The van der Waals surface area contributed by atoms with Crippen LogP contribution in [-0.4, -0.2) is 21.9 Å². The lowest BCUT2D eigenvalue weighted by Crippen LogP contribution is -2.38. The first-order valence-electron chi connectivity index (χ1n) is 5.90. The van der Waals surface area contributed by atoms with Crippen molar-refractivity contribution in [3.63, 3.8) is 0 Å². The van der Waals surface area contributed by atoms with Crippen molar-refractivity contribution in [1.82, 2.24) is 9.97 Å². The van der Waals surface area contributed by atoms with Gasteiger partial charge in [-0.15, -0.1) is 0 Å². The number of nitrogens with two attached hydrogens (primary N) is 2. The molecule has 19 heavy (non-hydrogen) atoms. The molecule has 1 atom stereocenters. The fraction of sp³-hybridized carbons (Fsp3) is 0.231. The van der Waals surface area contributed by atoms with Crippen LogP contribution in [0.5, 0.6) is 0 Å². The maximum atomic E-state index is 11.0. The molecule has 5 nitrogen and oxygen atoms in total. The van der Waals surface area contributed by atoms with Gasteiger partial charge in [-0.05, 0) is 17.5 Å². The minimum atomic E-state index is -0.632. The van der Waals surface area contributed by atoms with E-state index in [9.17, 15) is 4.79 Å². The monoisotopic (exact) mass is 276 g/mol. The number of nitrogens with one attached hydrogen (secondary N) is 1. The number of rotatable bonds is 6. The van der Waals surface area contributed by atoms with Gasteiger partial charge in [0.05, 0.1) is 6.04 Å². The predicted molar refractivity (Wildman–Crippen MR) is 75.5 cm³/mol. The number of hydrogen-bond donors (Lipinski definition) is 3. The van der Waals surface area contributed by atoms with Crippen LogP contribution in [0, 0.1) is 0 Å². The van der Waals surface area contributed by atoms with E-state index in [1.165, 1.54) is 0 Å². The molecule has 6 heteroatoms. The second-order valence-electron chi connectivity index (χ2n) is 4.22. The lowest BCUT2D eigenvalue weighted by atomic mass is 10.0. The Morgan fingerprint density at radius 3 is 2.89 bits per heavy atom. The highest BCUT2D eigenvalue weighted by Gasteiger charge is 2.10. The lowest BCUT2D eigenvalue weighted by molar-refractivity contribution is -0.119. The molecule has 0 radical (unpaired) electrons. The van der Waals surface area contributed by atoms with Gasteiger partial charge in [-0.3, -0.25) is 4.79 Å². The summed E-state index contributed by atoms with van der Waals surface area (Å²) in [5, 5.41) is 0.888. The molecule has 1 aromatic heterocycles. The number of carbonyl (C=O) groups is 1. The number of aromatic nitrogens is 2. The Labute approximate surface area is 115 Å². The van der Waals surface area contributed by atoms with Crippen molar-refractivity contribution in [1.29, 1.82) is 0 Å². The summed E-state index contributed by atoms with van der Waals surface area (Å²) >= 11 is 1.62. The fourth-order valence-electron chi connectivity index (χ4n) is 1.68. The molecule has 0 fully saturated rings. The number of thioether (sulfide) groups is 1. The van der Waals surface area contributed by atoms with Gasteiger partial charge in [0, 0.05) is 18.1 Å². The first-order valence-corrected chi connectivity index (χ1v) is 6.88. The summed E-state index contributed by atoms with van der Waals surface area (Å²) in [4.78, 5) is 18.1. The van der Waals surface area contributed by atoms with E-state index < -0.39 is 11.9 Å². The third-order valence-corrected chi connectivity index (χ3v) is 3.64. The zero-order chi connectivity index (χ0) is 13.7. The van der Waals surface area contributed by atoms with Gasteiger partial charge in [0.2, 0.25) is 5.91 Å². The summed E-state index contributed by atoms with van der Waals surface area (Å²) in [6.07, 6.45) is 3.99. The van der Waals surface area contributed by atoms with Gasteiger partial charge in [0.15, 0.2) is 5.16 Å². The van der Waals surface area contributed by atoms with Gasteiger partial charge in [-0.1, -0.05) is 36.0 Å². The van der Waals surface area contributed by atoms with Gasteiger partial charge in [-0.2, -0.15) is 0 Å². The zero-order valence-electron chi connectivity index (χ0n) is 10.4. The van der Waals surface area contributed by atoms with Crippen LogP contribution in [0.4, 0.5) is 0 Å². The van der Waals surface area contributed by atoms with E-state index in [1.807, 2.05) is 24.3 Å². The summed E-state index contributed by atoms with van der Waals surface area (Å²) in [6, 6.07) is 7.35. The van der Waals surface area contributed by atoms with Crippen molar-refractivity contribution in [2.24, 2.45) is 11.5 Å². The van der Waals surface area contributed by atoms with Crippen molar-refractivity contribution in [2.75, 3.05) is 0 Å². The third-order valence-electron chi connectivity index (χ3n) is 2.66. The van der Waals surface area contributed by atoms with E-state index in [0.29, 0.717) is 6.42 Å². The highest BCUT2D eigenvalue weighted by atomic mass is 32.2. The highest BCUT2D eigenvalue weighted by Crippen LogP contribution is 2.19. The van der Waals surface area contributed by atoms with Crippen LogP contribution in [0.1, 0.15) is 11.1 Å². The quantitative estimate of drug-likeness (QED) is 0.687. The molecule has 2 aromatic rings. The van der Waals surface area contributed by atoms with Gasteiger partial charge in [0.1, 0.15) is 0 Å². The fourth-order valence-corrected chi connectivity index (χ4v) is 2.45.